The molecule has 0 saturated carbocycles. The number of methoxy groups -OCH3 is 2. The molecule has 0 aliphatic heterocycles. The molecular formula is C26H24O2. The van der Waals surface area contributed by atoms with Crippen molar-refractivity contribution in [2.24, 2.45) is 0 Å². The number of ether oxygens (including phenoxy) is 2. The van der Waals surface area contributed by atoms with E-state index in [1.54, 1.807) is 14.2 Å². The van der Waals surface area contributed by atoms with E-state index in [-0.39, 0.29) is 5.41 Å². The summed E-state index contributed by atoms with van der Waals surface area (Å²) in [6.45, 7) is 2.13. The van der Waals surface area contributed by atoms with Crippen LogP contribution in [0.2, 0.25) is 0 Å². The fourth-order valence-corrected chi connectivity index (χ4v) is 4.87. The smallest absolute Gasteiger partial charge is 0.119 e. The molecule has 0 saturated heterocycles. The van der Waals surface area contributed by atoms with Crippen molar-refractivity contribution < 1.29 is 9.47 Å². The SMILES string of the molecule is COc1ccc2c(c1)CCC21C=C(c2ccc(C)cc2)c2cc(OC)ccc21. The fourth-order valence-electron chi connectivity index (χ4n) is 4.87. The third-order valence-corrected chi connectivity index (χ3v) is 6.33. The second-order valence-corrected chi connectivity index (χ2v) is 7.83. The molecular weight excluding hydrogens is 344 g/mol. The van der Waals surface area contributed by atoms with Gasteiger partial charge in [-0.15, -0.1) is 0 Å². The third-order valence-electron chi connectivity index (χ3n) is 6.33. The average molecular weight is 368 g/mol. The van der Waals surface area contributed by atoms with E-state index in [0.29, 0.717) is 0 Å². The Morgan fingerprint density at radius 3 is 2.18 bits per heavy atom. The number of benzene rings is 3. The van der Waals surface area contributed by atoms with Gasteiger partial charge in [-0.3, -0.25) is 0 Å². The van der Waals surface area contributed by atoms with Crippen molar-refractivity contribution >= 4 is 5.57 Å². The molecule has 3 aromatic rings. The summed E-state index contributed by atoms with van der Waals surface area (Å²) in [5.74, 6) is 1.84. The maximum atomic E-state index is 5.55. The molecule has 2 aliphatic carbocycles. The lowest BCUT2D eigenvalue weighted by molar-refractivity contribution is 0.414. The van der Waals surface area contributed by atoms with E-state index in [1.165, 1.54) is 39.0 Å². The predicted octanol–water partition coefficient (Wildman–Crippen LogP) is 5.69. The molecule has 0 N–H and O–H groups in total. The van der Waals surface area contributed by atoms with Crippen LogP contribution in [0.25, 0.3) is 5.57 Å². The second kappa shape index (κ2) is 6.27. The van der Waals surface area contributed by atoms with Crippen LogP contribution >= 0.6 is 0 Å². The number of hydrogen-bond donors (Lipinski definition) is 0. The minimum atomic E-state index is -0.0660. The average Bonchev–Trinajstić information content (AvgIpc) is 3.27. The largest absolute Gasteiger partial charge is 0.497 e. The number of hydrogen-bond acceptors (Lipinski definition) is 2. The van der Waals surface area contributed by atoms with E-state index in [2.05, 4.69) is 73.7 Å². The molecule has 1 spiro atoms. The van der Waals surface area contributed by atoms with Crippen LogP contribution in [0.1, 0.15) is 39.8 Å². The summed E-state index contributed by atoms with van der Waals surface area (Å²) in [7, 11) is 3.47. The van der Waals surface area contributed by atoms with Crippen LogP contribution in [0, 0.1) is 6.92 Å². The van der Waals surface area contributed by atoms with Crippen LogP contribution in [-0.4, -0.2) is 14.2 Å². The zero-order valence-corrected chi connectivity index (χ0v) is 16.6. The molecule has 3 aromatic carbocycles. The number of aryl methyl sites for hydroxylation is 2. The van der Waals surface area contributed by atoms with Crippen LogP contribution in [0.3, 0.4) is 0 Å². The van der Waals surface area contributed by atoms with Gasteiger partial charge in [0.2, 0.25) is 0 Å². The van der Waals surface area contributed by atoms with Gasteiger partial charge in [0.25, 0.3) is 0 Å². The molecule has 0 amide bonds. The summed E-state index contributed by atoms with van der Waals surface area (Å²) in [5.41, 5.74) is 9.24. The molecule has 0 heterocycles. The molecule has 1 atom stereocenters. The monoisotopic (exact) mass is 368 g/mol. The first kappa shape index (κ1) is 17.1. The Morgan fingerprint density at radius 2 is 1.46 bits per heavy atom. The van der Waals surface area contributed by atoms with Crippen LogP contribution in [0.4, 0.5) is 0 Å². The zero-order valence-electron chi connectivity index (χ0n) is 16.6. The highest BCUT2D eigenvalue weighted by Gasteiger charge is 2.44. The van der Waals surface area contributed by atoms with Gasteiger partial charge in [0.15, 0.2) is 0 Å². The maximum Gasteiger partial charge on any atom is 0.119 e. The van der Waals surface area contributed by atoms with Gasteiger partial charge in [-0.2, -0.15) is 0 Å². The molecule has 2 heteroatoms. The molecule has 0 aromatic heterocycles. The van der Waals surface area contributed by atoms with E-state index in [4.69, 9.17) is 9.47 Å². The van der Waals surface area contributed by atoms with Crippen LogP contribution in [0.15, 0.2) is 66.7 Å². The van der Waals surface area contributed by atoms with Gasteiger partial charge in [-0.1, -0.05) is 48.0 Å². The third kappa shape index (κ3) is 2.41. The van der Waals surface area contributed by atoms with Crippen molar-refractivity contribution in [2.75, 3.05) is 14.2 Å². The lowest BCUT2D eigenvalue weighted by Crippen LogP contribution is -2.19. The molecule has 28 heavy (non-hydrogen) atoms. The summed E-state index contributed by atoms with van der Waals surface area (Å²) in [6.07, 6.45) is 4.64. The summed E-state index contributed by atoms with van der Waals surface area (Å²) >= 11 is 0. The van der Waals surface area contributed by atoms with Gasteiger partial charge in [-0.05, 0) is 77.4 Å². The van der Waals surface area contributed by atoms with Crippen molar-refractivity contribution in [3.63, 3.8) is 0 Å². The summed E-state index contributed by atoms with van der Waals surface area (Å²) in [5, 5.41) is 0. The first-order valence-electron chi connectivity index (χ1n) is 9.81. The molecule has 5 rings (SSSR count). The molecule has 0 bridgehead atoms. The summed E-state index contributed by atoms with van der Waals surface area (Å²) < 4.78 is 11.0. The van der Waals surface area contributed by atoms with Crippen LogP contribution in [-0.2, 0) is 11.8 Å². The normalized spacial score (nSPS) is 19.3. The van der Waals surface area contributed by atoms with Crippen LogP contribution in [0.5, 0.6) is 11.5 Å². The molecule has 140 valence electrons. The minimum absolute atomic E-state index is 0.0660. The van der Waals surface area contributed by atoms with E-state index in [9.17, 15) is 0 Å². The first-order chi connectivity index (χ1) is 13.6. The summed E-state index contributed by atoms with van der Waals surface area (Å²) in [6, 6.07) is 21.9. The molecule has 0 radical (unpaired) electrons. The lowest BCUT2D eigenvalue weighted by atomic mass is 9.77. The predicted molar refractivity (Wildman–Crippen MR) is 113 cm³/mol. The fraction of sp³-hybridized carbons (Fsp3) is 0.231. The van der Waals surface area contributed by atoms with E-state index in [0.717, 1.165) is 24.3 Å². The van der Waals surface area contributed by atoms with Gasteiger partial charge in [0, 0.05) is 5.41 Å². The number of fused-ring (bicyclic) bond motifs is 4. The Kier molecular flexibility index (Phi) is 3.83. The van der Waals surface area contributed by atoms with Gasteiger partial charge >= 0.3 is 0 Å². The van der Waals surface area contributed by atoms with Crippen molar-refractivity contribution in [1.29, 1.82) is 0 Å². The Bertz CT molecular complexity index is 1090. The second-order valence-electron chi connectivity index (χ2n) is 7.83. The Morgan fingerprint density at radius 1 is 0.786 bits per heavy atom. The number of allylic oxidation sites excluding steroid dienone is 1. The van der Waals surface area contributed by atoms with Crippen molar-refractivity contribution in [1.82, 2.24) is 0 Å². The van der Waals surface area contributed by atoms with Crippen LogP contribution < -0.4 is 9.47 Å². The van der Waals surface area contributed by atoms with E-state index in [1.807, 2.05) is 0 Å². The highest BCUT2D eigenvalue weighted by Crippen LogP contribution is 2.54. The Balaban J connectivity index is 1.74. The standard InChI is InChI=1S/C26H24O2/c1-17-4-6-18(7-5-17)23-16-26(25-11-9-21(28-3)15-22(23)25)13-12-19-14-20(27-2)8-10-24(19)26/h4-11,14-16H,12-13H2,1-3H3. The maximum absolute atomic E-state index is 5.55. The highest BCUT2D eigenvalue weighted by atomic mass is 16.5. The van der Waals surface area contributed by atoms with E-state index >= 15 is 0 Å². The molecule has 0 fully saturated rings. The number of rotatable bonds is 3. The highest BCUT2D eigenvalue weighted by molar-refractivity contribution is 5.89. The molecule has 2 nitrogen and oxygen atoms in total. The van der Waals surface area contributed by atoms with Gasteiger partial charge in [0.05, 0.1) is 14.2 Å². The van der Waals surface area contributed by atoms with Gasteiger partial charge in [-0.25, -0.2) is 0 Å². The zero-order chi connectivity index (χ0) is 19.3. The Hall–Kier alpha value is -3.00. The first-order valence-corrected chi connectivity index (χ1v) is 9.81. The van der Waals surface area contributed by atoms with Crippen molar-refractivity contribution in [2.45, 2.75) is 25.2 Å². The molecule has 2 aliphatic rings. The van der Waals surface area contributed by atoms with Crippen molar-refractivity contribution in [3.05, 3.63) is 100 Å². The molecule has 1 unspecified atom stereocenters. The van der Waals surface area contributed by atoms with Gasteiger partial charge < -0.3 is 9.47 Å². The lowest BCUT2D eigenvalue weighted by Gasteiger charge is -2.25. The minimum Gasteiger partial charge on any atom is -0.497 e. The Labute approximate surface area is 166 Å². The van der Waals surface area contributed by atoms with E-state index < -0.39 is 0 Å². The van der Waals surface area contributed by atoms with Gasteiger partial charge in [0.1, 0.15) is 11.5 Å². The van der Waals surface area contributed by atoms with Crippen molar-refractivity contribution in [3.8, 4) is 11.5 Å². The topological polar surface area (TPSA) is 18.5 Å². The quantitative estimate of drug-likeness (QED) is 0.591. The summed E-state index contributed by atoms with van der Waals surface area (Å²) in [4.78, 5) is 0.